The second-order valence-corrected chi connectivity index (χ2v) is 5.36. The summed E-state index contributed by atoms with van der Waals surface area (Å²) in [5.74, 6) is -0.793. The molecule has 0 radical (unpaired) electrons. The van der Waals surface area contributed by atoms with E-state index in [1.54, 1.807) is 20.8 Å². The Morgan fingerprint density at radius 3 is 2.50 bits per heavy atom. The maximum absolute atomic E-state index is 12.0. The van der Waals surface area contributed by atoms with Crippen molar-refractivity contribution in [2.75, 3.05) is 13.7 Å². The molecule has 9 nitrogen and oxygen atoms in total. The lowest BCUT2D eigenvalue weighted by Gasteiger charge is -2.27. The van der Waals surface area contributed by atoms with Crippen LogP contribution in [0.1, 0.15) is 20.8 Å². The summed E-state index contributed by atoms with van der Waals surface area (Å²) < 4.78 is 9.71. The van der Waals surface area contributed by atoms with Gasteiger partial charge < -0.3 is 14.6 Å². The van der Waals surface area contributed by atoms with Gasteiger partial charge in [-0.3, -0.25) is 4.90 Å². The second-order valence-electron chi connectivity index (χ2n) is 5.36. The van der Waals surface area contributed by atoms with Crippen LogP contribution in [0.25, 0.3) is 10.4 Å². The van der Waals surface area contributed by atoms with Crippen molar-refractivity contribution < 1.29 is 24.2 Å². The molecule has 112 valence electrons. The van der Waals surface area contributed by atoms with Crippen molar-refractivity contribution in [2.45, 2.75) is 44.6 Å². The Bertz CT molecular complexity index is 441. The lowest BCUT2D eigenvalue weighted by Crippen LogP contribution is -2.47. The number of methoxy groups -OCH3 is 1. The van der Waals surface area contributed by atoms with Gasteiger partial charge in [-0.2, -0.15) is 0 Å². The number of amides is 1. The highest BCUT2D eigenvalue weighted by molar-refractivity contribution is 5.83. The highest BCUT2D eigenvalue weighted by Gasteiger charge is 2.48. The fourth-order valence-corrected chi connectivity index (χ4v) is 1.89. The van der Waals surface area contributed by atoms with E-state index in [0.29, 0.717) is 0 Å². The summed E-state index contributed by atoms with van der Waals surface area (Å²) in [6, 6.07) is -2.16. The number of aliphatic hydroxyl groups is 1. The Morgan fingerprint density at radius 1 is 1.45 bits per heavy atom. The van der Waals surface area contributed by atoms with Crippen LogP contribution in [-0.4, -0.2) is 59.5 Å². The molecule has 1 N–H and O–H groups in total. The van der Waals surface area contributed by atoms with E-state index in [2.05, 4.69) is 14.8 Å². The molecule has 20 heavy (non-hydrogen) atoms. The van der Waals surface area contributed by atoms with E-state index in [0.717, 1.165) is 12.0 Å². The Morgan fingerprint density at radius 2 is 2.05 bits per heavy atom. The first kappa shape index (κ1) is 16.1. The molecule has 1 aliphatic heterocycles. The topological polar surface area (TPSA) is 125 Å². The van der Waals surface area contributed by atoms with Crippen LogP contribution in [0.15, 0.2) is 5.11 Å². The number of azide groups is 1. The van der Waals surface area contributed by atoms with Crippen molar-refractivity contribution in [3.8, 4) is 0 Å². The van der Waals surface area contributed by atoms with E-state index in [1.807, 2.05) is 0 Å². The molecular formula is C11H18N4O5. The monoisotopic (exact) mass is 286 g/mol. The number of carbonyl (C=O) groups excluding carboxylic acids is 2. The van der Waals surface area contributed by atoms with Gasteiger partial charge in [0.1, 0.15) is 5.60 Å². The van der Waals surface area contributed by atoms with Gasteiger partial charge in [-0.25, -0.2) is 9.59 Å². The number of nitrogens with zero attached hydrogens (tertiary/aromatic N) is 4. The molecule has 1 saturated heterocycles. The van der Waals surface area contributed by atoms with Crippen LogP contribution in [0, 0.1) is 0 Å². The van der Waals surface area contributed by atoms with E-state index in [1.165, 1.54) is 0 Å². The standard InChI is InChI=1S/C11H18N4O5/c1-11(2,3)20-10(18)15-5-6(13-14-12)8(16)7(15)9(17)19-4/h6-8,16H,5H2,1-4H3/t6-,7+,8+/m1/s1. The van der Waals surface area contributed by atoms with Gasteiger partial charge in [0.05, 0.1) is 19.3 Å². The van der Waals surface area contributed by atoms with Crippen LogP contribution >= 0.6 is 0 Å². The molecular weight excluding hydrogens is 268 g/mol. The van der Waals surface area contributed by atoms with Crippen LogP contribution in [-0.2, 0) is 14.3 Å². The average Bonchev–Trinajstić information content (AvgIpc) is 2.65. The zero-order valence-electron chi connectivity index (χ0n) is 11.8. The number of esters is 1. The van der Waals surface area contributed by atoms with Gasteiger partial charge in [0.2, 0.25) is 0 Å². The van der Waals surface area contributed by atoms with Crippen LogP contribution < -0.4 is 0 Å². The van der Waals surface area contributed by atoms with Gasteiger partial charge in [-0.1, -0.05) is 5.11 Å². The Balaban J connectivity index is 2.99. The maximum Gasteiger partial charge on any atom is 0.411 e. The molecule has 1 rings (SSSR count). The van der Waals surface area contributed by atoms with Crippen molar-refractivity contribution in [1.29, 1.82) is 0 Å². The highest BCUT2D eigenvalue weighted by atomic mass is 16.6. The number of rotatable bonds is 2. The molecule has 0 unspecified atom stereocenters. The quantitative estimate of drug-likeness (QED) is 0.348. The lowest BCUT2D eigenvalue weighted by atomic mass is 10.1. The molecule has 0 aromatic heterocycles. The fraction of sp³-hybridized carbons (Fsp3) is 0.818. The third-order valence-electron chi connectivity index (χ3n) is 2.71. The third kappa shape index (κ3) is 3.52. The van der Waals surface area contributed by atoms with E-state index in [-0.39, 0.29) is 6.54 Å². The number of ether oxygens (including phenoxy) is 2. The Labute approximate surface area is 116 Å². The molecule has 1 heterocycles. The molecule has 0 spiro atoms. The summed E-state index contributed by atoms with van der Waals surface area (Å²) in [4.78, 5) is 27.3. The van der Waals surface area contributed by atoms with E-state index < -0.39 is 35.9 Å². The molecule has 1 aliphatic rings. The van der Waals surface area contributed by atoms with E-state index >= 15 is 0 Å². The van der Waals surface area contributed by atoms with Crippen molar-refractivity contribution >= 4 is 12.1 Å². The normalized spacial score (nSPS) is 25.9. The summed E-state index contributed by atoms with van der Waals surface area (Å²) in [5, 5.41) is 13.4. The van der Waals surface area contributed by atoms with Crippen LogP contribution in [0.5, 0.6) is 0 Å². The van der Waals surface area contributed by atoms with Gasteiger partial charge in [0, 0.05) is 11.5 Å². The van der Waals surface area contributed by atoms with Crippen molar-refractivity contribution in [2.24, 2.45) is 5.11 Å². The maximum atomic E-state index is 12.0. The van der Waals surface area contributed by atoms with Crippen LogP contribution in [0.3, 0.4) is 0 Å². The SMILES string of the molecule is COC(=O)[C@@H]1[C@@H](O)[C@H](N=[N+]=[N-])CN1C(=O)OC(C)(C)C. The van der Waals surface area contributed by atoms with E-state index in [9.17, 15) is 14.7 Å². The number of aliphatic hydroxyl groups excluding tert-OH is 1. The first-order chi connectivity index (χ1) is 9.21. The number of carbonyl (C=O) groups is 2. The molecule has 0 saturated carbocycles. The second kappa shape index (κ2) is 5.98. The third-order valence-corrected chi connectivity index (χ3v) is 2.71. The number of likely N-dealkylation sites (tertiary alicyclic amines) is 1. The van der Waals surface area contributed by atoms with Gasteiger partial charge in [0.25, 0.3) is 0 Å². The smallest absolute Gasteiger partial charge is 0.411 e. The highest BCUT2D eigenvalue weighted by Crippen LogP contribution is 2.24. The average molecular weight is 286 g/mol. The van der Waals surface area contributed by atoms with Crippen LogP contribution in [0.4, 0.5) is 4.79 Å². The largest absolute Gasteiger partial charge is 0.467 e. The van der Waals surface area contributed by atoms with Crippen molar-refractivity contribution in [1.82, 2.24) is 4.90 Å². The van der Waals surface area contributed by atoms with Gasteiger partial charge in [-0.05, 0) is 26.3 Å². The fourth-order valence-electron chi connectivity index (χ4n) is 1.89. The molecule has 1 fully saturated rings. The number of hydrogen-bond donors (Lipinski definition) is 1. The van der Waals surface area contributed by atoms with Gasteiger partial charge in [-0.15, -0.1) is 0 Å². The summed E-state index contributed by atoms with van der Waals surface area (Å²) in [6.45, 7) is 4.92. The molecule has 0 aromatic carbocycles. The zero-order valence-corrected chi connectivity index (χ0v) is 11.8. The molecule has 1 amide bonds. The molecule has 0 aromatic rings. The Hall–Kier alpha value is -1.99. The summed E-state index contributed by atoms with van der Waals surface area (Å²) in [5.41, 5.74) is 7.68. The summed E-state index contributed by atoms with van der Waals surface area (Å²) >= 11 is 0. The molecule has 0 bridgehead atoms. The minimum absolute atomic E-state index is 0.111. The number of hydrogen-bond acceptors (Lipinski definition) is 6. The predicted octanol–water partition coefficient (Wildman–Crippen LogP) is 0.818. The first-order valence-electron chi connectivity index (χ1n) is 6.01. The van der Waals surface area contributed by atoms with Gasteiger partial charge in [0.15, 0.2) is 6.04 Å². The minimum atomic E-state index is -1.33. The van der Waals surface area contributed by atoms with E-state index in [4.69, 9.17) is 10.3 Å². The molecule has 9 heteroatoms. The Kier molecular flexibility index (Phi) is 4.80. The van der Waals surface area contributed by atoms with Crippen molar-refractivity contribution in [3.05, 3.63) is 10.4 Å². The summed E-state index contributed by atoms with van der Waals surface area (Å²) in [7, 11) is 1.14. The lowest BCUT2D eigenvalue weighted by molar-refractivity contribution is -0.148. The molecule has 0 aliphatic carbocycles. The minimum Gasteiger partial charge on any atom is -0.467 e. The zero-order chi connectivity index (χ0) is 15.5. The van der Waals surface area contributed by atoms with Crippen molar-refractivity contribution in [3.63, 3.8) is 0 Å². The first-order valence-corrected chi connectivity index (χ1v) is 6.01. The van der Waals surface area contributed by atoms with Gasteiger partial charge >= 0.3 is 12.1 Å². The summed E-state index contributed by atoms with van der Waals surface area (Å²) in [6.07, 6.45) is -2.10. The van der Waals surface area contributed by atoms with Crippen LogP contribution in [0.2, 0.25) is 0 Å². The predicted molar refractivity (Wildman–Crippen MR) is 67.7 cm³/mol. The molecule has 3 atom stereocenters.